The van der Waals surface area contributed by atoms with E-state index in [2.05, 4.69) is 25.5 Å². The van der Waals surface area contributed by atoms with Gasteiger partial charge in [0.05, 0.1) is 49.5 Å². The normalized spacial score (nSPS) is 10.9. The lowest BCUT2D eigenvalue weighted by Crippen LogP contribution is -2.15. The van der Waals surface area contributed by atoms with Gasteiger partial charge in [0.2, 0.25) is 11.8 Å². The van der Waals surface area contributed by atoms with Crippen molar-refractivity contribution in [3.63, 3.8) is 0 Å². The molecule has 0 saturated heterocycles. The van der Waals surface area contributed by atoms with Crippen LogP contribution in [0.1, 0.15) is 25.6 Å². The number of carbonyl (C=O) groups is 1. The number of nitrogens with one attached hydrogen (secondary N) is 1. The summed E-state index contributed by atoms with van der Waals surface area (Å²) in [6.07, 6.45) is 3.17. The van der Waals surface area contributed by atoms with E-state index in [9.17, 15) is 4.79 Å². The average Bonchev–Trinajstić information content (AvgIpc) is 3.28. The molecule has 0 aliphatic carbocycles. The number of benzene rings is 2. The molecule has 2 heterocycles. The molecule has 2 aromatic heterocycles. The van der Waals surface area contributed by atoms with Gasteiger partial charge >= 0.3 is 0 Å². The van der Waals surface area contributed by atoms with Gasteiger partial charge in [-0.2, -0.15) is 15.0 Å². The summed E-state index contributed by atoms with van der Waals surface area (Å²) < 4.78 is 16.7. The first-order valence-corrected chi connectivity index (χ1v) is 10.3. The SMILES string of the molecule is COc1cc2ncnc(Oc3ccc(NC(=O)Cc4cnn(C(C)C)n4)cc3)c2cc1OC. The fourth-order valence-corrected chi connectivity index (χ4v) is 3.17. The van der Waals surface area contributed by atoms with Gasteiger partial charge in [0.25, 0.3) is 0 Å². The summed E-state index contributed by atoms with van der Waals surface area (Å²) in [4.78, 5) is 22.4. The third kappa shape index (κ3) is 5.00. The predicted molar refractivity (Wildman–Crippen MR) is 122 cm³/mol. The van der Waals surface area contributed by atoms with Gasteiger partial charge in [-0.25, -0.2) is 9.97 Å². The van der Waals surface area contributed by atoms with E-state index in [1.54, 1.807) is 61.6 Å². The first-order chi connectivity index (χ1) is 16.0. The third-order valence-electron chi connectivity index (χ3n) is 4.82. The van der Waals surface area contributed by atoms with Crippen molar-refractivity contribution in [2.24, 2.45) is 0 Å². The molecule has 1 amide bonds. The van der Waals surface area contributed by atoms with Crippen LogP contribution in [-0.2, 0) is 11.2 Å². The van der Waals surface area contributed by atoms with Crippen molar-refractivity contribution < 1.29 is 19.0 Å². The number of hydrogen-bond donors (Lipinski definition) is 1. The van der Waals surface area contributed by atoms with Gasteiger partial charge in [-0.15, -0.1) is 0 Å². The van der Waals surface area contributed by atoms with Crippen molar-refractivity contribution in [2.75, 3.05) is 19.5 Å². The molecule has 10 nitrogen and oxygen atoms in total. The highest BCUT2D eigenvalue weighted by Crippen LogP contribution is 2.35. The van der Waals surface area contributed by atoms with Gasteiger partial charge in [0, 0.05) is 11.8 Å². The number of aromatic nitrogens is 5. The fourth-order valence-electron chi connectivity index (χ4n) is 3.17. The maximum atomic E-state index is 12.3. The van der Waals surface area contributed by atoms with Crippen molar-refractivity contribution in [3.8, 4) is 23.1 Å². The van der Waals surface area contributed by atoms with E-state index >= 15 is 0 Å². The molecule has 0 fully saturated rings. The quantitative estimate of drug-likeness (QED) is 0.433. The highest BCUT2D eigenvalue weighted by atomic mass is 16.5. The topological polar surface area (TPSA) is 113 Å². The van der Waals surface area contributed by atoms with Crippen LogP contribution in [0.4, 0.5) is 5.69 Å². The number of methoxy groups -OCH3 is 2. The molecular formula is C23H24N6O4. The van der Waals surface area contributed by atoms with Crippen molar-refractivity contribution in [1.29, 1.82) is 0 Å². The van der Waals surface area contributed by atoms with Crippen LogP contribution in [0.2, 0.25) is 0 Å². The molecule has 170 valence electrons. The number of ether oxygens (including phenoxy) is 3. The van der Waals surface area contributed by atoms with Gasteiger partial charge in [-0.05, 0) is 44.2 Å². The second kappa shape index (κ2) is 9.51. The van der Waals surface area contributed by atoms with E-state index in [0.29, 0.717) is 45.4 Å². The van der Waals surface area contributed by atoms with Crippen LogP contribution in [0.15, 0.2) is 48.9 Å². The second-order valence-electron chi connectivity index (χ2n) is 7.50. The van der Waals surface area contributed by atoms with Gasteiger partial charge in [-0.3, -0.25) is 4.79 Å². The molecule has 33 heavy (non-hydrogen) atoms. The number of rotatable bonds is 8. The standard InChI is InChI=1S/C23H24N6O4/c1-14(2)29-26-12-16(28-29)9-22(30)27-15-5-7-17(8-6-15)33-23-18-10-20(31-3)21(32-4)11-19(18)24-13-25-23/h5-8,10-14H,9H2,1-4H3,(H,27,30). The third-order valence-corrected chi connectivity index (χ3v) is 4.82. The molecule has 0 spiro atoms. The summed E-state index contributed by atoms with van der Waals surface area (Å²) in [6.45, 7) is 3.95. The van der Waals surface area contributed by atoms with E-state index in [0.717, 1.165) is 0 Å². The maximum Gasteiger partial charge on any atom is 0.230 e. The summed E-state index contributed by atoms with van der Waals surface area (Å²) in [5.74, 6) is 1.88. The summed E-state index contributed by atoms with van der Waals surface area (Å²) >= 11 is 0. The van der Waals surface area contributed by atoms with Gasteiger partial charge in [-0.1, -0.05) is 0 Å². The Balaban J connectivity index is 1.45. The summed E-state index contributed by atoms with van der Waals surface area (Å²) in [5.41, 5.74) is 1.92. The Kier molecular flexibility index (Phi) is 6.34. The van der Waals surface area contributed by atoms with Crippen molar-refractivity contribution in [1.82, 2.24) is 25.0 Å². The zero-order valence-corrected chi connectivity index (χ0v) is 18.8. The molecule has 0 unspecified atom stereocenters. The van der Waals surface area contributed by atoms with E-state index in [1.807, 2.05) is 13.8 Å². The Hall–Kier alpha value is -4.21. The van der Waals surface area contributed by atoms with E-state index in [-0.39, 0.29) is 18.4 Å². The summed E-state index contributed by atoms with van der Waals surface area (Å²) in [7, 11) is 3.13. The zero-order chi connectivity index (χ0) is 23.4. The smallest absolute Gasteiger partial charge is 0.230 e. The number of carbonyl (C=O) groups excluding carboxylic acids is 1. The van der Waals surface area contributed by atoms with Crippen LogP contribution in [-0.4, -0.2) is 45.1 Å². The largest absolute Gasteiger partial charge is 0.493 e. The molecule has 0 aliphatic rings. The number of fused-ring (bicyclic) bond motifs is 1. The Morgan fingerprint density at radius 3 is 2.45 bits per heavy atom. The molecule has 0 radical (unpaired) electrons. The van der Waals surface area contributed by atoms with Crippen LogP contribution in [0, 0.1) is 0 Å². The van der Waals surface area contributed by atoms with Crippen molar-refractivity contribution >= 4 is 22.5 Å². The monoisotopic (exact) mass is 448 g/mol. The van der Waals surface area contributed by atoms with Crippen LogP contribution < -0.4 is 19.5 Å². The molecule has 0 saturated carbocycles. The first kappa shape index (κ1) is 22.0. The average molecular weight is 448 g/mol. The predicted octanol–water partition coefficient (Wildman–Crippen LogP) is 3.79. The minimum Gasteiger partial charge on any atom is -0.493 e. The molecule has 0 atom stereocenters. The van der Waals surface area contributed by atoms with Crippen molar-refractivity contribution in [2.45, 2.75) is 26.3 Å². The lowest BCUT2D eigenvalue weighted by molar-refractivity contribution is -0.115. The molecule has 2 aromatic carbocycles. The number of amides is 1. The molecule has 10 heteroatoms. The van der Waals surface area contributed by atoms with Gasteiger partial charge < -0.3 is 19.5 Å². The Morgan fingerprint density at radius 2 is 1.79 bits per heavy atom. The summed E-state index contributed by atoms with van der Waals surface area (Å²) in [5, 5.41) is 12.0. The molecule has 0 bridgehead atoms. The van der Waals surface area contributed by atoms with Crippen LogP contribution in [0.3, 0.4) is 0 Å². The van der Waals surface area contributed by atoms with Gasteiger partial charge in [0.1, 0.15) is 12.1 Å². The molecular weight excluding hydrogens is 424 g/mol. The second-order valence-corrected chi connectivity index (χ2v) is 7.50. The van der Waals surface area contributed by atoms with Gasteiger partial charge in [0.15, 0.2) is 11.5 Å². The van der Waals surface area contributed by atoms with E-state index in [1.165, 1.54) is 6.33 Å². The highest BCUT2D eigenvalue weighted by molar-refractivity contribution is 5.92. The highest BCUT2D eigenvalue weighted by Gasteiger charge is 2.13. The molecule has 0 aliphatic heterocycles. The Labute approximate surface area is 190 Å². The molecule has 4 aromatic rings. The number of nitrogens with zero attached hydrogens (tertiary/aromatic N) is 5. The van der Waals surface area contributed by atoms with E-state index in [4.69, 9.17) is 14.2 Å². The van der Waals surface area contributed by atoms with E-state index < -0.39 is 0 Å². The number of hydrogen-bond acceptors (Lipinski definition) is 8. The van der Waals surface area contributed by atoms with Crippen LogP contribution in [0.25, 0.3) is 10.9 Å². The van der Waals surface area contributed by atoms with Crippen molar-refractivity contribution in [3.05, 3.63) is 54.6 Å². The Bertz CT molecular complexity index is 1270. The zero-order valence-electron chi connectivity index (χ0n) is 18.8. The minimum atomic E-state index is -0.178. The lowest BCUT2D eigenvalue weighted by atomic mass is 10.2. The fraction of sp³-hybridized carbons (Fsp3) is 0.261. The summed E-state index contributed by atoms with van der Waals surface area (Å²) in [6, 6.07) is 10.7. The number of anilines is 1. The van der Waals surface area contributed by atoms with Crippen LogP contribution in [0.5, 0.6) is 23.1 Å². The first-order valence-electron chi connectivity index (χ1n) is 10.3. The maximum absolute atomic E-state index is 12.3. The lowest BCUT2D eigenvalue weighted by Gasteiger charge is -2.12. The molecule has 4 rings (SSSR count). The molecule has 1 N–H and O–H groups in total. The minimum absolute atomic E-state index is 0.142. The Morgan fingerprint density at radius 1 is 1.06 bits per heavy atom. The van der Waals surface area contributed by atoms with Crippen LogP contribution >= 0.6 is 0 Å².